The Balaban J connectivity index is 1.48. The molecule has 0 aromatic carbocycles. The number of rotatable bonds is 9. The van der Waals surface area contributed by atoms with Gasteiger partial charge in [0.25, 0.3) is 0 Å². The molecule has 0 spiro atoms. The van der Waals surface area contributed by atoms with Crippen LogP contribution in [0.25, 0.3) is 0 Å². The van der Waals surface area contributed by atoms with E-state index in [9.17, 15) is 0 Å². The number of hydrogen-bond donors (Lipinski definition) is 2. The molecule has 2 N–H and O–H groups in total. The molecule has 30 heavy (non-hydrogen) atoms. The lowest BCUT2D eigenvalue weighted by Crippen LogP contribution is -2.58. The highest BCUT2D eigenvalue weighted by molar-refractivity contribution is 5.79. The highest BCUT2D eigenvalue weighted by Crippen LogP contribution is 2.31. The van der Waals surface area contributed by atoms with Gasteiger partial charge in [-0.25, -0.2) is 0 Å². The molecule has 0 unspecified atom stereocenters. The maximum atomic E-state index is 6.07. The molecule has 3 rings (SSSR count). The second-order valence-electron chi connectivity index (χ2n) is 9.68. The molecule has 0 atom stereocenters. The minimum absolute atomic E-state index is 0.249. The van der Waals surface area contributed by atoms with E-state index in [1.807, 2.05) is 0 Å². The number of nitrogens with zero attached hydrogens (tertiary/aromatic N) is 3. The number of aliphatic imine (C=N–C) groups is 1. The Morgan fingerprint density at radius 3 is 2.37 bits per heavy atom. The van der Waals surface area contributed by atoms with Gasteiger partial charge in [0.2, 0.25) is 0 Å². The van der Waals surface area contributed by atoms with E-state index in [-0.39, 0.29) is 5.54 Å². The Labute approximate surface area is 185 Å². The number of ether oxygens (including phenoxy) is 1. The Bertz CT molecular complexity index is 492. The van der Waals surface area contributed by atoms with E-state index >= 15 is 0 Å². The van der Waals surface area contributed by atoms with Crippen LogP contribution in [0.2, 0.25) is 0 Å². The predicted octanol–water partition coefficient (Wildman–Crippen LogP) is 3.23. The van der Waals surface area contributed by atoms with Gasteiger partial charge in [0.05, 0.1) is 12.6 Å². The molecule has 1 saturated carbocycles. The minimum atomic E-state index is 0.249. The zero-order chi connectivity index (χ0) is 21.1. The molecule has 3 fully saturated rings. The summed E-state index contributed by atoms with van der Waals surface area (Å²) in [5.41, 5.74) is 0.249. The fraction of sp³-hybridized carbons (Fsp3) is 0.958. The van der Waals surface area contributed by atoms with Gasteiger partial charge in [-0.15, -0.1) is 0 Å². The van der Waals surface area contributed by atoms with Crippen molar-refractivity contribution < 1.29 is 4.74 Å². The second kappa shape index (κ2) is 12.9. The van der Waals surface area contributed by atoms with Crippen molar-refractivity contribution in [2.24, 2.45) is 4.99 Å². The average molecular weight is 422 g/mol. The average Bonchev–Trinajstić information content (AvgIpc) is 2.80. The van der Waals surface area contributed by atoms with Gasteiger partial charge in [-0.05, 0) is 85.1 Å². The first-order valence-corrected chi connectivity index (χ1v) is 12.8. The molecular weight excluding hydrogens is 374 g/mol. The smallest absolute Gasteiger partial charge is 0.191 e. The number of likely N-dealkylation sites (tertiary alicyclic amines) is 2. The van der Waals surface area contributed by atoms with Crippen LogP contribution in [0, 0.1) is 0 Å². The van der Waals surface area contributed by atoms with Crippen molar-refractivity contribution in [3.05, 3.63) is 0 Å². The molecule has 2 heterocycles. The Morgan fingerprint density at radius 2 is 1.67 bits per heavy atom. The van der Waals surface area contributed by atoms with Crippen LogP contribution in [0.5, 0.6) is 0 Å². The van der Waals surface area contributed by atoms with Crippen molar-refractivity contribution in [1.82, 2.24) is 20.4 Å². The third-order valence-electron chi connectivity index (χ3n) is 7.34. The number of piperidine rings is 2. The molecule has 0 radical (unpaired) electrons. The largest absolute Gasteiger partial charge is 0.378 e. The molecule has 0 bridgehead atoms. The van der Waals surface area contributed by atoms with Crippen LogP contribution in [0.15, 0.2) is 4.99 Å². The summed E-state index contributed by atoms with van der Waals surface area (Å²) in [7, 11) is 2.25. The van der Waals surface area contributed by atoms with Crippen LogP contribution >= 0.6 is 0 Å². The van der Waals surface area contributed by atoms with Crippen LogP contribution in [-0.2, 0) is 4.74 Å². The fourth-order valence-electron chi connectivity index (χ4n) is 5.31. The second-order valence-corrected chi connectivity index (χ2v) is 9.68. The quantitative estimate of drug-likeness (QED) is 0.340. The van der Waals surface area contributed by atoms with Crippen LogP contribution in [0.1, 0.15) is 77.6 Å². The number of guanidine groups is 1. The van der Waals surface area contributed by atoms with Crippen molar-refractivity contribution in [3.8, 4) is 0 Å². The Morgan fingerprint density at radius 1 is 0.967 bits per heavy atom. The molecule has 6 heteroatoms. The summed E-state index contributed by atoms with van der Waals surface area (Å²) < 4.78 is 6.07. The van der Waals surface area contributed by atoms with Crippen molar-refractivity contribution >= 4 is 5.96 Å². The lowest BCUT2D eigenvalue weighted by Gasteiger charge is -2.49. The third-order valence-corrected chi connectivity index (χ3v) is 7.34. The standard InChI is InChI=1S/C24H47N5O/c1-3-25-23(26-15-10-20-30-22-11-6-4-7-12-22)27-21-24(13-18-28(2)19-14-24)29-16-8-5-9-17-29/h22H,3-21H2,1-2H3,(H2,25,26,27). The normalized spacial score (nSPS) is 24.7. The number of hydrogen-bond acceptors (Lipinski definition) is 4. The molecule has 1 aliphatic carbocycles. The van der Waals surface area contributed by atoms with Crippen molar-refractivity contribution in [3.63, 3.8) is 0 Å². The van der Waals surface area contributed by atoms with Gasteiger partial charge in [-0.1, -0.05) is 25.7 Å². The fourth-order valence-corrected chi connectivity index (χ4v) is 5.31. The van der Waals surface area contributed by atoms with Gasteiger partial charge in [0.15, 0.2) is 5.96 Å². The molecule has 2 saturated heterocycles. The van der Waals surface area contributed by atoms with Crippen LogP contribution in [0.4, 0.5) is 0 Å². The monoisotopic (exact) mass is 421 g/mol. The minimum Gasteiger partial charge on any atom is -0.378 e. The van der Waals surface area contributed by atoms with Gasteiger partial charge >= 0.3 is 0 Å². The van der Waals surface area contributed by atoms with E-state index in [0.717, 1.165) is 38.6 Å². The van der Waals surface area contributed by atoms with E-state index < -0.39 is 0 Å². The SMILES string of the molecule is CCNC(=NCC1(N2CCCCC2)CCN(C)CC1)NCCCOC1CCCCC1. The first kappa shape index (κ1) is 23.8. The van der Waals surface area contributed by atoms with Gasteiger partial charge < -0.3 is 20.3 Å². The summed E-state index contributed by atoms with van der Waals surface area (Å²) >= 11 is 0. The number of nitrogens with one attached hydrogen (secondary N) is 2. The van der Waals surface area contributed by atoms with E-state index in [2.05, 4.69) is 34.4 Å². The van der Waals surface area contributed by atoms with Crippen molar-refractivity contribution in [2.45, 2.75) is 89.2 Å². The van der Waals surface area contributed by atoms with Gasteiger partial charge in [0.1, 0.15) is 0 Å². The summed E-state index contributed by atoms with van der Waals surface area (Å²) in [6, 6.07) is 0. The van der Waals surface area contributed by atoms with Crippen LogP contribution < -0.4 is 10.6 Å². The van der Waals surface area contributed by atoms with Gasteiger partial charge in [-0.2, -0.15) is 0 Å². The van der Waals surface area contributed by atoms with E-state index in [4.69, 9.17) is 9.73 Å². The molecule has 0 aromatic rings. The van der Waals surface area contributed by atoms with Gasteiger partial charge in [0, 0.05) is 25.2 Å². The Kier molecular flexibility index (Phi) is 10.2. The zero-order valence-electron chi connectivity index (χ0n) is 19.8. The Hall–Kier alpha value is -0.850. The maximum Gasteiger partial charge on any atom is 0.191 e. The molecule has 6 nitrogen and oxygen atoms in total. The summed E-state index contributed by atoms with van der Waals surface area (Å²) in [6.45, 7) is 10.6. The lowest BCUT2D eigenvalue weighted by atomic mass is 9.84. The summed E-state index contributed by atoms with van der Waals surface area (Å²) in [6.07, 6.45) is 14.7. The molecule has 0 amide bonds. The zero-order valence-corrected chi connectivity index (χ0v) is 19.8. The topological polar surface area (TPSA) is 52.1 Å². The lowest BCUT2D eigenvalue weighted by molar-refractivity contribution is 0.0207. The van der Waals surface area contributed by atoms with Crippen molar-refractivity contribution in [2.75, 3.05) is 59.5 Å². The van der Waals surface area contributed by atoms with Crippen LogP contribution in [-0.4, -0.2) is 86.9 Å². The summed E-state index contributed by atoms with van der Waals surface area (Å²) in [5.74, 6) is 0.977. The predicted molar refractivity (Wildman–Crippen MR) is 126 cm³/mol. The molecular formula is C24H47N5O. The first-order valence-electron chi connectivity index (χ1n) is 12.8. The maximum absolute atomic E-state index is 6.07. The van der Waals surface area contributed by atoms with E-state index in [1.165, 1.54) is 90.4 Å². The highest BCUT2D eigenvalue weighted by Gasteiger charge is 2.39. The third kappa shape index (κ3) is 7.38. The first-order chi connectivity index (χ1) is 14.7. The molecule has 0 aromatic heterocycles. The van der Waals surface area contributed by atoms with Crippen LogP contribution in [0.3, 0.4) is 0 Å². The molecule has 3 aliphatic rings. The molecule has 2 aliphatic heterocycles. The van der Waals surface area contributed by atoms with E-state index in [0.29, 0.717) is 6.10 Å². The summed E-state index contributed by atoms with van der Waals surface area (Å²) in [5, 5.41) is 7.02. The molecule has 174 valence electrons. The van der Waals surface area contributed by atoms with Gasteiger partial charge in [-0.3, -0.25) is 9.89 Å². The highest BCUT2D eigenvalue weighted by atomic mass is 16.5. The van der Waals surface area contributed by atoms with Crippen molar-refractivity contribution in [1.29, 1.82) is 0 Å². The van der Waals surface area contributed by atoms with E-state index in [1.54, 1.807) is 0 Å². The summed E-state index contributed by atoms with van der Waals surface area (Å²) in [4.78, 5) is 10.3.